The average Bonchev–Trinajstić information content (AvgIpc) is 2.52. The summed E-state index contributed by atoms with van der Waals surface area (Å²) < 4.78 is 5.35. The van der Waals surface area contributed by atoms with E-state index in [1.165, 1.54) is 6.07 Å². The Morgan fingerprint density at radius 2 is 1.91 bits per heavy atom. The summed E-state index contributed by atoms with van der Waals surface area (Å²) in [6, 6.07) is 13.5. The van der Waals surface area contributed by atoms with Crippen LogP contribution in [0, 0.1) is 0 Å². The minimum atomic E-state index is -0.474. The molecule has 0 aliphatic heterocycles. The van der Waals surface area contributed by atoms with Gasteiger partial charge in [-0.1, -0.05) is 53.5 Å². The van der Waals surface area contributed by atoms with Gasteiger partial charge in [0.2, 0.25) is 0 Å². The molecular formula is C16H15Cl2NO3. The molecule has 116 valence electrons. The van der Waals surface area contributed by atoms with Crippen LogP contribution in [0.4, 0.5) is 0 Å². The fraction of sp³-hybridized carbons (Fsp3) is 0.188. The molecule has 0 aliphatic carbocycles. The zero-order chi connectivity index (χ0) is 15.9. The van der Waals surface area contributed by atoms with Crippen LogP contribution in [0.2, 0.25) is 10.0 Å². The largest absolute Gasteiger partial charge is 0.482 e. The standard InChI is InChI=1S/C16H15Cl2NO3/c17-12-6-7-15(13(18)8-12)22-10-16(21)19-14(9-20)11-4-2-1-3-5-11/h1-8,14,20H,9-10H2,(H,19,21). The van der Waals surface area contributed by atoms with Crippen molar-refractivity contribution in [1.82, 2.24) is 5.32 Å². The van der Waals surface area contributed by atoms with Crippen LogP contribution in [-0.4, -0.2) is 24.2 Å². The first kappa shape index (κ1) is 16.6. The van der Waals surface area contributed by atoms with Crippen LogP contribution < -0.4 is 10.1 Å². The average molecular weight is 340 g/mol. The fourth-order valence-electron chi connectivity index (χ4n) is 1.89. The highest BCUT2D eigenvalue weighted by atomic mass is 35.5. The van der Waals surface area contributed by atoms with E-state index < -0.39 is 6.04 Å². The van der Waals surface area contributed by atoms with Crippen LogP contribution in [0.1, 0.15) is 11.6 Å². The lowest BCUT2D eigenvalue weighted by Gasteiger charge is -2.17. The molecule has 2 aromatic rings. The number of hydrogen-bond acceptors (Lipinski definition) is 3. The summed E-state index contributed by atoms with van der Waals surface area (Å²) in [7, 11) is 0. The maximum atomic E-state index is 11.9. The van der Waals surface area contributed by atoms with Gasteiger partial charge in [-0.25, -0.2) is 0 Å². The van der Waals surface area contributed by atoms with Gasteiger partial charge in [0.1, 0.15) is 5.75 Å². The third-order valence-corrected chi connectivity index (χ3v) is 3.50. The first-order valence-electron chi connectivity index (χ1n) is 6.63. The molecule has 22 heavy (non-hydrogen) atoms. The van der Waals surface area contributed by atoms with Crippen LogP contribution in [0.5, 0.6) is 5.75 Å². The van der Waals surface area contributed by atoms with Crippen molar-refractivity contribution in [3.05, 3.63) is 64.1 Å². The highest BCUT2D eigenvalue weighted by Gasteiger charge is 2.14. The van der Waals surface area contributed by atoms with E-state index in [2.05, 4.69) is 5.32 Å². The Hall–Kier alpha value is -1.75. The number of halogens is 2. The number of benzene rings is 2. The van der Waals surface area contributed by atoms with E-state index in [1.807, 2.05) is 30.3 Å². The molecule has 0 radical (unpaired) electrons. The topological polar surface area (TPSA) is 58.6 Å². The number of ether oxygens (including phenoxy) is 1. The van der Waals surface area contributed by atoms with Crippen molar-refractivity contribution in [2.45, 2.75) is 6.04 Å². The molecule has 0 aliphatic rings. The summed E-state index contributed by atoms with van der Waals surface area (Å²) in [5.41, 5.74) is 0.822. The lowest BCUT2D eigenvalue weighted by molar-refractivity contribution is -0.124. The number of aliphatic hydroxyl groups is 1. The molecule has 0 aromatic heterocycles. The smallest absolute Gasteiger partial charge is 0.258 e. The van der Waals surface area contributed by atoms with Gasteiger partial charge in [0, 0.05) is 5.02 Å². The summed E-state index contributed by atoms with van der Waals surface area (Å²) >= 11 is 11.7. The van der Waals surface area contributed by atoms with E-state index in [0.29, 0.717) is 15.8 Å². The van der Waals surface area contributed by atoms with Crippen molar-refractivity contribution in [3.8, 4) is 5.75 Å². The normalized spacial score (nSPS) is 11.8. The molecule has 6 heteroatoms. The third kappa shape index (κ3) is 4.63. The predicted octanol–water partition coefficient (Wildman–Crippen LogP) is 3.22. The van der Waals surface area contributed by atoms with Gasteiger partial charge in [-0.05, 0) is 23.8 Å². The molecule has 0 saturated heterocycles. The number of nitrogens with one attached hydrogen (secondary N) is 1. The minimum absolute atomic E-state index is 0.197. The quantitative estimate of drug-likeness (QED) is 0.849. The Bertz CT molecular complexity index is 635. The van der Waals surface area contributed by atoms with Crippen molar-refractivity contribution in [3.63, 3.8) is 0 Å². The Morgan fingerprint density at radius 3 is 2.55 bits per heavy atom. The Labute approximate surface area is 138 Å². The lowest BCUT2D eigenvalue weighted by Crippen LogP contribution is -2.34. The molecule has 2 rings (SSSR count). The zero-order valence-electron chi connectivity index (χ0n) is 11.6. The van der Waals surface area contributed by atoms with E-state index in [9.17, 15) is 9.90 Å². The number of hydrogen-bond donors (Lipinski definition) is 2. The molecule has 4 nitrogen and oxygen atoms in total. The number of amides is 1. The molecule has 2 aromatic carbocycles. The van der Waals surface area contributed by atoms with Crippen molar-refractivity contribution in [2.75, 3.05) is 13.2 Å². The summed E-state index contributed by atoms with van der Waals surface area (Å²) in [6.45, 7) is -0.401. The molecule has 1 atom stereocenters. The van der Waals surface area contributed by atoms with Gasteiger partial charge >= 0.3 is 0 Å². The van der Waals surface area contributed by atoms with Crippen molar-refractivity contribution in [2.24, 2.45) is 0 Å². The molecular weight excluding hydrogens is 325 g/mol. The molecule has 0 fully saturated rings. The second kappa shape index (κ2) is 8.03. The van der Waals surface area contributed by atoms with Crippen LogP contribution in [-0.2, 0) is 4.79 Å². The fourth-order valence-corrected chi connectivity index (χ4v) is 2.35. The van der Waals surface area contributed by atoms with E-state index in [-0.39, 0.29) is 19.1 Å². The summed E-state index contributed by atoms with van der Waals surface area (Å²) in [6.07, 6.45) is 0. The summed E-state index contributed by atoms with van der Waals surface area (Å²) in [5, 5.41) is 12.9. The monoisotopic (exact) mass is 339 g/mol. The van der Waals surface area contributed by atoms with E-state index in [0.717, 1.165) is 5.56 Å². The molecule has 1 unspecified atom stereocenters. The van der Waals surface area contributed by atoms with Gasteiger partial charge in [-0.2, -0.15) is 0 Å². The predicted molar refractivity (Wildman–Crippen MR) is 86.4 cm³/mol. The molecule has 0 saturated carbocycles. The molecule has 0 spiro atoms. The van der Waals surface area contributed by atoms with Crippen LogP contribution in [0.25, 0.3) is 0 Å². The second-order valence-electron chi connectivity index (χ2n) is 4.58. The van der Waals surface area contributed by atoms with E-state index in [1.54, 1.807) is 12.1 Å². The first-order valence-corrected chi connectivity index (χ1v) is 7.38. The van der Waals surface area contributed by atoms with Gasteiger partial charge in [-0.3, -0.25) is 4.79 Å². The third-order valence-electron chi connectivity index (χ3n) is 2.97. The highest BCUT2D eigenvalue weighted by Crippen LogP contribution is 2.27. The maximum Gasteiger partial charge on any atom is 0.258 e. The Kier molecular flexibility index (Phi) is 6.07. The number of carbonyl (C=O) groups excluding carboxylic acids is 1. The summed E-state index contributed by atoms with van der Waals surface area (Å²) in [4.78, 5) is 11.9. The van der Waals surface area contributed by atoms with Crippen LogP contribution >= 0.6 is 23.2 Å². The number of rotatable bonds is 6. The van der Waals surface area contributed by atoms with E-state index >= 15 is 0 Å². The van der Waals surface area contributed by atoms with Crippen LogP contribution in [0.15, 0.2) is 48.5 Å². The van der Waals surface area contributed by atoms with Crippen LogP contribution in [0.3, 0.4) is 0 Å². The minimum Gasteiger partial charge on any atom is -0.482 e. The van der Waals surface area contributed by atoms with Crippen molar-refractivity contribution < 1.29 is 14.6 Å². The van der Waals surface area contributed by atoms with E-state index in [4.69, 9.17) is 27.9 Å². The molecule has 0 heterocycles. The first-order chi connectivity index (χ1) is 10.6. The van der Waals surface area contributed by atoms with Crippen molar-refractivity contribution >= 4 is 29.1 Å². The summed E-state index contributed by atoms with van der Waals surface area (Å²) in [5.74, 6) is 0.0235. The van der Waals surface area contributed by atoms with Gasteiger partial charge in [-0.15, -0.1) is 0 Å². The number of aliphatic hydroxyl groups excluding tert-OH is 1. The lowest BCUT2D eigenvalue weighted by atomic mass is 10.1. The maximum absolute atomic E-state index is 11.9. The van der Waals surface area contributed by atoms with Gasteiger partial charge in [0.15, 0.2) is 6.61 Å². The van der Waals surface area contributed by atoms with Crippen molar-refractivity contribution in [1.29, 1.82) is 0 Å². The Morgan fingerprint density at radius 1 is 1.18 bits per heavy atom. The molecule has 0 bridgehead atoms. The zero-order valence-corrected chi connectivity index (χ0v) is 13.1. The second-order valence-corrected chi connectivity index (χ2v) is 5.42. The van der Waals surface area contributed by atoms with Gasteiger partial charge in [0.25, 0.3) is 5.91 Å². The number of carbonyl (C=O) groups is 1. The van der Waals surface area contributed by atoms with Gasteiger partial charge in [0.05, 0.1) is 17.7 Å². The molecule has 2 N–H and O–H groups in total. The Balaban J connectivity index is 1.92. The SMILES string of the molecule is O=C(COc1ccc(Cl)cc1Cl)NC(CO)c1ccccc1. The highest BCUT2D eigenvalue weighted by molar-refractivity contribution is 6.35. The van der Waals surface area contributed by atoms with Gasteiger partial charge < -0.3 is 15.2 Å². The molecule has 1 amide bonds.